The number of nitrogens with zero attached hydrogens (tertiary/aromatic N) is 2. The van der Waals surface area contributed by atoms with Gasteiger partial charge in [0.25, 0.3) is 0 Å². The molecular formula is C16H25N3. The molecule has 1 aromatic rings. The van der Waals surface area contributed by atoms with E-state index in [0.717, 1.165) is 30.3 Å². The van der Waals surface area contributed by atoms with Gasteiger partial charge in [0.1, 0.15) is 11.6 Å². The zero-order valence-electron chi connectivity index (χ0n) is 12.4. The number of nitrogens with one attached hydrogen (secondary N) is 1. The number of hydrogen-bond donors (Lipinski definition) is 1. The van der Waals surface area contributed by atoms with Gasteiger partial charge in [-0.05, 0) is 39.0 Å². The highest BCUT2D eigenvalue weighted by molar-refractivity contribution is 5.36. The van der Waals surface area contributed by atoms with Gasteiger partial charge in [-0.25, -0.2) is 9.97 Å². The molecule has 0 saturated carbocycles. The predicted octanol–water partition coefficient (Wildman–Crippen LogP) is 4.21. The quantitative estimate of drug-likeness (QED) is 0.805. The fourth-order valence-corrected chi connectivity index (χ4v) is 2.42. The van der Waals surface area contributed by atoms with Crippen LogP contribution in [0.4, 0.5) is 5.82 Å². The maximum Gasteiger partial charge on any atom is 0.133 e. The molecule has 0 atom stereocenters. The lowest BCUT2D eigenvalue weighted by Crippen LogP contribution is -2.09. The van der Waals surface area contributed by atoms with Gasteiger partial charge in [-0.1, -0.05) is 25.5 Å². The molecule has 1 aliphatic carbocycles. The lowest BCUT2D eigenvalue weighted by Gasteiger charge is -2.14. The van der Waals surface area contributed by atoms with E-state index in [1.807, 2.05) is 13.0 Å². The van der Waals surface area contributed by atoms with Crippen molar-refractivity contribution in [3.63, 3.8) is 0 Å². The van der Waals surface area contributed by atoms with Gasteiger partial charge in [-0.2, -0.15) is 0 Å². The molecule has 1 aromatic heterocycles. The van der Waals surface area contributed by atoms with Gasteiger partial charge in [0.05, 0.1) is 0 Å². The van der Waals surface area contributed by atoms with Crippen LogP contribution in [0.2, 0.25) is 0 Å². The Morgan fingerprint density at radius 3 is 2.79 bits per heavy atom. The van der Waals surface area contributed by atoms with Crippen LogP contribution in [0.3, 0.4) is 0 Å². The summed E-state index contributed by atoms with van der Waals surface area (Å²) in [5.74, 6) is 2.27. The first kappa shape index (κ1) is 14.0. The predicted molar refractivity (Wildman–Crippen MR) is 80.5 cm³/mol. The van der Waals surface area contributed by atoms with Gasteiger partial charge in [-0.3, -0.25) is 0 Å². The Morgan fingerprint density at radius 1 is 1.26 bits per heavy atom. The standard InChI is InChI=1S/C16H25N3/c1-12(2)16-18-13(3)11-15(19-16)17-10-9-14-7-5-4-6-8-14/h7,11-12H,4-6,8-10H2,1-3H3,(H,17,18,19). The average molecular weight is 259 g/mol. The first-order valence-electron chi connectivity index (χ1n) is 7.42. The van der Waals surface area contributed by atoms with Crippen LogP contribution in [0.5, 0.6) is 0 Å². The summed E-state index contributed by atoms with van der Waals surface area (Å²) in [6.45, 7) is 7.26. The van der Waals surface area contributed by atoms with Crippen LogP contribution in [-0.4, -0.2) is 16.5 Å². The molecular weight excluding hydrogens is 234 g/mol. The monoisotopic (exact) mass is 259 g/mol. The third-order valence-corrected chi connectivity index (χ3v) is 3.53. The molecule has 0 aromatic carbocycles. The molecule has 3 heteroatoms. The molecule has 1 N–H and O–H groups in total. The maximum absolute atomic E-state index is 4.57. The van der Waals surface area contributed by atoms with Crippen LogP contribution in [0.25, 0.3) is 0 Å². The molecule has 0 fully saturated rings. The third-order valence-electron chi connectivity index (χ3n) is 3.53. The third kappa shape index (κ3) is 4.34. The van der Waals surface area contributed by atoms with Gasteiger partial charge >= 0.3 is 0 Å². The van der Waals surface area contributed by atoms with Crippen molar-refractivity contribution in [3.05, 3.63) is 29.2 Å². The van der Waals surface area contributed by atoms with Crippen LogP contribution in [0.15, 0.2) is 17.7 Å². The van der Waals surface area contributed by atoms with Crippen LogP contribution in [-0.2, 0) is 0 Å². The van der Waals surface area contributed by atoms with E-state index in [2.05, 4.69) is 35.2 Å². The van der Waals surface area contributed by atoms with Crippen molar-refractivity contribution < 1.29 is 0 Å². The lowest BCUT2D eigenvalue weighted by atomic mass is 9.97. The molecule has 1 heterocycles. The van der Waals surface area contributed by atoms with E-state index in [1.165, 1.54) is 25.7 Å². The highest BCUT2D eigenvalue weighted by atomic mass is 15.0. The van der Waals surface area contributed by atoms with E-state index in [0.29, 0.717) is 5.92 Å². The molecule has 1 aliphatic rings. The Hall–Kier alpha value is -1.38. The minimum Gasteiger partial charge on any atom is -0.370 e. The van der Waals surface area contributed by atoms with E-state index in [9.17, 15) is 0 Å². The number of allylic oxidation sites excluding steroid dienone is 1. The SMILES string of the molecule is Cc1cc(NCCC2=CCCCC2)nc(C(C)C)n1. The van der Waals surface area contributed by atoms with Crippen molar-refractivity contribution in [1.29, 1.82) is 0 Å². The van der Waals surface area contributed by atoms with Crippen molar-refractivity contribution >= 4 is 5.82 Å². The highest BCUT2D eigenvalue weighted by Crippen LogP contribution is 2.20. The molecule has 0 spiro atoms. The van der Waals surface area contributed by atoms with E-state index in [-0.39, 0.29) is 0 Å². The largest absolute Gasteiger partial charge is 0.370 e. The second-order valence-electron chi connectivity index (χ2n) is 5.69. The van der Waals surface area contributed by atoms with Gasteiger partial charge in [0.15, 0.2) is 0 Å². The zero-order valence-corrected chi connectivity index (χ0v) is 12.4. The number of hydrogen-bond acceptors (Lipinski definition) is 3. The number of rotatable bonds is 5. The second-order valence-corrected chi connectivity index (χ2v) is 5.69. The molecule has 3 nitrogen and oxygen atoms in total. The first-order valence-corrected chi connectivity index (χ1v) is 7.42. The Balaban J connectivity index is 1.90. The number of aromatic nitrogens is 2. The molecule has 0 aliphatic heterocycles. The summed E-state index contributed by atoms with van der Waals surface area (Å²) >= 11 is 0. The van der Waals surface area contributed by atoms with Crippen molar-refractivity contribution in [1.82, 2.24) is 9.97 Å². The Morgan fingerprint density at radius 2 is 2.11 bits per heavy atom. The number of anilines is 1. The Bertz CT molecular complexity index is 449. The minimum absolute atomic E-state index is 0.376. The second kappa shape index (κ2) is 6.69. The molecule has 104 valence electrons. The minimum atomic E-state index is 0.376. The van der Waals surface area contributed by atoms with E-state index in [1.54, 1.807) is 5.57 Å². The topological polar surface area (TPSA) is 37.8 Å². The molecule has 2 rings (SSSR count). The normalized spacial score (nSPS) is 15.5. The highest BCUT2D eigenvalue weighted by Gasteiger charge is 2.07. The Kier molecular flexibility index (Phi) is 4.94. The summed E-state index contributed by atoms with van der Waals surface area (Å²) in [6, 6.07) is 2.03. The smallest absolute Gasteiger partial charge is 0.133 e. The van der Waals surface area contributed by atoms with Crippen molar-refractivity contribution in [2.45, 2.75) is 58.8 Å². The van der Waals surface area contributed by atoms with Gasteiger partial charge in [-0.15, -0.1) is 0 Å². The maximum atomic E-state index is 4.57. The van der Waals surface area contributed by atoms with Crippen molar-refractivity contribution in [2.24, 2.45) is 0 Å². The number of aryl methyl sites for hydroxylation is 1. The molecule has 0 saturated heterocycles. The van der Waals surface area contributed by atoms with E-state index >= 15 is 0 Å². The van der Waals surface area contributed by atoms with Gasteiger partial charge in [0.2, 0.25) is 0 Å². The molecule has 0 radical (unpaired) electrons. The molecule has 0 bridgehead atoms. The van der Waals surface area contributed by atoms with Gasteiger partial charge in [0, 0.05) is 24.2 Å². The summed E-state index contributed by atoms with van der Waals surface area (Å²) in [7, 11) is 0. The van der Waals surface area contributed by atoms with E-state index in [4.69, 9.17) is 0 Å². The Labute approximate surface area is 116 Å². The van der Waals surface area contributed by atoms with Crippen LogP contribution in [0.1, 0.15) is 63.4 Å². The summed E-state index contributed by atoms with van der Waals surface area (Å²) in [6.07, 6.45) is 8.81. The molecule has 0 unspecified atom stereocenters. The van der Waals surface area contributed by atoms with Crippen molar-refractivity contribution in [2.75, 3.05) is 11.9 Å². The summed E-state index contributed by atoms with van der Waals surface area (Å²) in [5.41, 5.74) is 2.65. The summed E-state index contributed by atoms with van der Waals surface area (Å²) < 4.78 is 0. The van der Waals surface area contributed by atoms with Crippen molar-refractivity contribution in [3.8, 4) is 0 Å². The van der Waals surface area contributed by atoms with Gasteiger partial charge < -0.3 is 5.32 Å². The van der Waals surface area contributed by atoms with E-state index < -0.39 is 0 Å². The molecule has 19 heavy (non-hydrogen) atoms. The fourth-order valence-electron chi connectivity index (χ4n) is 2.42. The zero-order chi connectivity index (χ0) is 13.7. The van der Waals surface area contributed by atoms with Crippen LogP contribution < -0.4 is 5.32 Å². The summed E-state index contributed by atoms with van der Waals surface area (Å²) in [5, 5.41) is 3.44. The first-order chi connectivity index (χ1) is 9.15. The average Bonchev–Trinajstić information content (AvgIpc) is 2.39. The van der Waals surface area contributed by atoms with Crippen LogP contribution >= 0.6 is 0 Å². The molecule has 0 amide bonds. The summed E-state index contributed by atoms with van der Waals surface area (Å²) in [4.78, 5) is 9.04. The fraction of sp³-hybridized carbons (Fsp3) is 0.625. The lowest BCUT2D eigenvalue weighted by molar-refractivity contribution is 0.679. The van der Waals surface area contributed by atoms with Crippen LogP contribution in [0, 0.1) is 6.92 Å².